The molecule has 1 aromatic carbocycles. The van der Waals surface area contributed by atoms with Crippen LogP contribution in [-0.4, -0.2) is 28.7 Å². The van der Waals surface area contributed by atoms with E-state index in [0.29, 0.717) is 25.0 Å². The van der Waals surface area contributed by atoms with Crippen LogP contribution in [0.1, 0.15) is 48.8 Å². The number of carbonyl (C=O) groups is 1. The molecule has 2 fully saturated rings. The van der Waals surface area contributed by atoms with Gasteiger partial charge in [-0.2, -0.15) is 5.10 Å². The quantitative estimate of drug-likeness (QED) is 0.782. The summed E-state index contributed by atoms with van der Waals surface area (Å²) in [5.74, 6) is 0.795. The molecule has 0 radical (unpaired) electrons. The number of ketones is 1. The number of nitrogens with zero attached hydrogens (tertiary/aromatic N) is 3. The van der Waals surface area contributed by atoms with E-state index < -0.39 is 0 Å². The van der Waals surface area contributed by atoms with E-state index in [9.17, 15) is 9.59 Å². The highest BCUT2D eigenvalue weighted by Gasteiger charge is 2.39. The zero-order valence-corrected chi connectivity index (χ0v) is 16.7. The highest BCUT2D eigenvalue weighted by molar-refractivity contribution is 5.80. The molecule has 1 saturated carbocycles. The van der Waals surface area contributed by atoms with E-state index in [0.717, 1.165) is 30.0 Å². The molecule has 6 nitrogen and oxygen atoms in total. The number of fused-ring (bicyclic) bond motifs is 1. The molecule has 5 rings (SSSR count). The second-order valence-corrected chi connectivity index (χ2v) is 8.84. The van der Waals surface area contributed by atoms with E-state index in [-0.39, 0.29) is 17.9 Å². The highest BCUT2D eigenvalue weighted by Crippen LogP contribution is 2.49. The van der Waals surface area contributed by atoms with Gasteiger partial charge in [-0.3, -0.25) is 9.59 Å². The fourth-order valence-corrected chi connectivity index (χ4v) is 4.89. The molecule has 6 heteroatoms. The smallest absolute Gasteiger partial charge is 0.267 e. The average Bonchev–Trinajstić information content (AvgIpc) is 3.16. The van der Waals surface area contributed by atoms with Crippen molar-refractivity contribution in [3.05, 3.63) is 57.4 Å². The van der Waals surface area contributed by atoms with Gasteiger partial charge >= 0.3 is 0 Å². The van der Waals surface area contributed by atoms with Crippen LogP contribution >= 0.6 is 0 Å². The van der Waals surface area contributed by atoms with Crippen LogP contribution in [0.4, 0.5) is 5.82 Å². The van der Waals surface area contributed by atoms with Gasteiger partial charge in [0.1, 0.15) is 12.4 Å². The summed E-state index contributed by atoms with van der Waals surface area (Å²) in [6.07, 6.45) is 6.79. The van der Waals surface area contributed by atoms with Crippen molar-refractivity contribution in [1.29, 1.82) is 0 Å². The van der Waals surface area contributed by atoms with Crippen LogP contribution in [-0.2, 0) is 35.7 Å². The number of aromatic nitrogens is 2. The van der Waals surface area contributed by atoms with Crippen LogP contribution in [0.3, 0.4) is 0 Å². The van der Waals surface area contributed by atoms with Crippen molar-refractivity contribution in [3.63, 3.8) is 0 Å². The monoisotopic (exact) mass is 393 g/mol. The lowest BCUT2D eigenvalue weighted by Gasteiger charge is -2.48. The lowest BCUT2D eigenvalue weighted by atomic mass is 9.63. The molecule has 1 saturated heterocycles. The molecule has 0 bridgehead atoms. The lowest BCUT2D eigenvalue weighted by Crippen LogP contribution is -2.44. The van der Waals surface area contributed by atoms with E-state index in [1.165, 1.54) is 48.4 Å². The first-order valence-corrected chi connectivity index (χ1v) is 10.6. The summed E-state index contributed by atoms with van der Waals surface area (Å²) in [6.45, 7) is 3.23. The third kappa shape index (κ3) is 3.73. The molecule has 1 aromatic heterocycles. The molecule has 0 amide bonds. The topological polar surface area (TPSA) is 64.4 Å². The van der Waals surface area contributed by atoms with Crippen molar-refractivity contribution in [2.24, 2.45) is 5.41 Å². The normalized spacial score (nSPS) is 19.8. The van der Waals surface area contributed by atoms with Crippen molar-refractivity contribution in [2.75, 3.05) is 18.0 Å². The molecule has 0 atom stereocenters. The van der Waals surface area contributed by atoms with Crippen molar-refractivity contribution < 1.29 is 9.53 Å². The number of piperidine rings is 1. The van der Waals surface area contributed by atoms with Crippen LogP contribution in [0.25, 0.3) is 0 Å². The molecule has 2 aromatic rings. The number of carbonyl (C=O) groups excluding carboxylic acids is 1. The standard InChI is InChI=1S/C23H27N3O3/c27-20(13-17-2-3-18-15-29-16-19(18)12-17)14-26-22(28)5-4-21(24-26)25-10-8-23(9-11-25)6-1-7-23/h2-5,12H,1,6-11,13-16H2. The summed E-state index contributed by atoms with van der Waals surface area (Å²) >= 11 is 0. The number of hydrogen-bond donors (Lipinski definition) is 0. The maximum atomic E-state index is 12.6. The Morgan fingerprint density at radius 1 is 1.03 bits per heavy atom. The van der Waals surface area contributed by atoms with Gasteiger partial charge < -0.3 is 9.64 Å². The lowest BCUT2D eigenvalue weighted by molar-refractivity contribution is -0.119. The predicted octanol–water partition coefficient (Wildman–Crippen LogP) is 2.86. The number of anilines is 1. The average molecular weight is 393 g/mol. The Morgan fingerprint density at radius 2 is 1.83 bits per heavy atom. The van der Waals surface area contributed by atoms with Gasteiger partial charge in [-0.05, 0) is 53.9 Å². The van der Waals surface area contributed by atoms with E-state index in [4.69, 9.17) is 4.74 Å². The minimum Gasteiger partial charge on any atom is -0.372 e. The molecule has 3 aliphatic rings. The Labute approximate surface area is 170 Å². The van der Waals surface area contributed by atoms with E-state index in [1.54, 1.807) is 6.07 Å². The molecular weight excluding hydrogens is 366 g/mol. The summed E-state index contributed by atoms with van der Waals surface area (Å²) in [7, 11) is 0. The number of hydrogen-bond acceptors (Lipinski definition) is 5. The fourth-order valence-electron chi connectivity index (χ4n) is 4.89. The third-order valence-corrected chi connectivity index (χ3v) is 6.93. The van der Waals surface area contributed by atoms with E-state index >= 15 is 0 Å². The second kappa shape index (κ2) is 7.41. The maximum Gasteiger partial charge on any atom is 0.267 e. The van der Waals surface area contributed by atoms with E-state index in [1.807, 2.05) is 18.2 Å². The van der Waals surface area contributed by atoms with Gasteiger partial charge in [0.15, 0.2) is 5.78 Å². The largest absolute Gasteiger partial charge is 0.372 e. The molecule has 1 spiro atoms. The minimum atomic E-state index is -0.225. The number of rotatable bonds is 5. The minimum absolute atomic E-state index is 0.0114. The van der Waals surface area contributed by atoms with Crippen LogP contribution < -0.4 is 10.5 Å². The number of ether oxygens (including phenoxy) is 1. The summed E-state index contributed by atoms with van der Waals surface area (Å²) in [6, 6.07) is 9.37. The molecule has 1 aliphatic carbocycles. The molecule has 0 N–H and O–H groups in total. The predicted molar refractivity (Wildman–Crippen MR) is 110 cm³/mol. The van der Waals surface area contributed by atoms with Crippen molar-refractivity contribution in [2.45, 2.75) is 58.3 Å². The molecule has 3 heterocycles. The summed E-state index contributed by atoms with van der Waals surface area (Å²) in [5, 5.41) is 4.52. The highest BCUT2D eigenvalue weighted by atomic mass is 16.5. The van der Waals surface area contributed by atoms with Crippen molar-refractivity contribution >= 4 is 11.6 Å². The first-order chi connectivity index (χ1) is 14.1. The van der Waals surface area contributed by atoms with Crippen LogP contribution in [0.2, 0.25) is 0 Å². The summed E-state index contributed by atoms with van der Waals surface area (Å²) in [5.41, 5.74) is 3.66. The van der Waals surface area contributed by atoms with Gasteiger partial charge in [0, 0.05) is 25.6 Å². The SMILES string of the molecule is O=C(Cc1ccc2c(c1)COC2)Cn1nc(N2CCC3(CCC3)CC2)ccc1=O. The number of benzene rings is 1. The van der Waals surface area contributed by atoms with Gasteiger partial charge in [0.05, 0.1) is 13.2 Å². The molecule has 152 valence electrons. The Balaban J connectivity index is 1.25. The van der Waals surface area contributed by atoms with Crippen LogP contribution in [0.5, 0.6) is 0 Å². The van der Waals surface area contributed by atoms with Crippen molar-refractivity contribution in [1.82, 2.24) is 9.78 Å². The second-order valence-electron chi connectivity index (χ2n) is 8.84. The van der Waals surface area contributed by atoms with Gasteiger partial charge in [0.2, 0.25) is 0 Å². The fraction of sp³-hybridized carbons (Fsp3) is 0.522. The van der Waals surface area contributed by atoms with Gasteiger partial charge in [-0.25, -0.2) is 4.68 Å². The Bertz CT molecular complexity index is 983. The zero-order chi connectivity index (χ0) is 19.8. The van der Waals surface area contributed by atoms with Crippen LogP contribution in [0, 0.1) is 5.41 Å². The molecule has 0 unspecified atom stereocenters. The summed E-state index contributed by atoms with van der Waals surface area (Å²) < 4.78 is 6.76. The zero-order valence-electron chi connectivity index (χ0n) is 16.7. The van der Waals surface area contributed by atoms with Gasteiger partial charge in [0.25, 0.3) is 5.56 Å². The Morgan fingerprint density at radius 3 is 2.59 bits per heavy atom. The van der Waals surface area contributed by atoms with Crippen molar-refractivity contribution in [3.8, 4) is 0 Å². The number of Topliss-reactive ketones (excluding diaryl/α,β-unsaturated/α-hetero) is 1. The van der Waals surface area contributed by atoms with Crippen LogP contribution in [0.15, 0.2) is 35.1 Å². The third-order valence-electron chi connectivity index (χ3n) is 6.93. The summed E-state index contributed by atoms with van der Waals surface area (Å²) in [4.78, 5) is 27.1. The maximum absolute atomic E-state index is 12.6. The molecule has 29 heavy (non-hydrogen) atoms. The Hall–Kier alpha value is -2.47. The molecule has 2 aliphatic heterocycles. The first kappa shape index (κ1) is 18.6. The van der Waals surface area contributed by atoms with Gasteiger partial charge in [-0.1, -0.05) is 24.6 Å². The molecular formula is C23H27N3O3. The first-order valence-electron chi connectivity index (χ1n) is 10.6. The van der Waals surface area contributed by atoms with E-state index in [2.05, 4.69) is 10.00 Å². The Kier molecular flexibility index (Phi) is 4.74. The van der Waals surface area contributed by atoms with Gasteiger partial charge in [-0.15, -0.1) is 0 Å².